The maximum absolute atomic E-state index is 14.2. The normalized spacial score (nSPS) is 14.3. The van der Waals surface area contributed by atoms with Crippen molar-refractivity contribution in [1.29, 1.82) is 0 Å². The van der Waals surface area contributed by atoms with Gasteiger partial charge in [0.15, 0.2) is 5.69 Å². The van der Waals surface area contributed by atoms with E-state index >= 15 is 0 Å². The van der Waals surface area contributed by atoms with E-state index in [4.69, 9.17) is 16.2 Å². The van der Waals surface area contributed by atoms with E-state index in [-0.39, 0.29) is 28.2 Å². The first-order chi connectivity index (χ1) is 18.7. The molecule has 0 unspecified atom stereocenters. The number of benzene rings is 2. The van der Waals surface area contributed by atoms with E-state index in [1.165, 1.54) is 12.0 Å². The standard InChI is InChI=1S/C28H34N6O4S/c1-33(2)19-14-12-17(13-15-19)24(27(36)31-18-8-5-4-6-9-18)34(20-10-7-11-21(16-20)38-3)28(37)25-22(29)23(26(30)35)32-39-25/h7,10-16,18,24H,4-6,8-9,29H2,1-3H3,(H2,30,35)(H,31,36)/t24-/m0/s1. The number of ether oxygens (including phenoxy) is 1. The van der Waals surface area contributed by atoms with E-state index in [0.717, 1.165) is 49.3 Å². The molecule has 0 aliphatic heterocycles. The van der Waals surface area contributed by atoms with Gasteiger partial charge in [-0.1, -0.05) is 37.5 Å². The highest BCUT2D eigenvalue weighted by Crippen LogP contribution is 2.35. The Bertz CT molecular complexity index is 1330. The summed E-state index contributed by atoms with van der Waals surface area (Å²) in [4.78, 5) is 43.5. The third kappa shape index (κ3) is 6.14. The first-order valence-corrected chi connectivity index (χ1v) is 13.6. The predicted molar refractivity (Wildman–Crippen MR) is 153 cm³/mol. The van der Waals surface area contributed by atoms with Gasteiger partial charge in [0, 0.05) is 37.6 Å². The number of anilines is 3. The number of carbonyl (C=O) groups excluding carboxylic acids is 3. The summed E-state index contributed by atoms with van der Waals surface area (Å²) < 4.78 is 9.43. The first kappa shape index (κ1) is 27.9. The molecule has 5 N–H and O–H groups in total. The number of aromatic nitrogens is 1. The van der Waals surface area contributed by atoms with Crippen molar-refractivity contribution in [2.45, 2.75) is 44.2 Å². The third-order valence-electron chi connectivity index (χ3n) is 6.89. The summed E-state index contributed by atoms with van der Waals surface area (Å²) in [6.45, 7) is 0. The molecule has 1 aromatic heterocycles. The van der Waals surface area contributed by atoms with Crippen molar-refractivity contribution in [3.8, 4) is 5.75 Å². The van der Waals surface area contributed by atoms with Gasteiger partial charge in [0.1, 0.15) is 16.7 Å². The summed E-state index contributed by atoms with van der Waals surface area (Å²) in [5.74, 6) is -1.21. The second kappa shape index (κ2) is 12.2. The zero-order valence-electron chi connectivity index (χ0n) is 22.3. The van der Waals surface area contributed by atoms with E-state index in [9.17, 15) is 14.4 Å². The molecule has 2 aromatic carbocycles. The number of rotatable bonds is 9. The molecule has 1 heterocycles. The zero-order valence-corrected chi connectivity index (χ0v) is 23.2. The number of nitrogens with two attached hydrogens (primary N) is 2. The number of hydrogen-bond acceptors (Lipinski definition) is 8. The molecule has 11 heteroatoms. The lowest BCUT2D eigenvalue weighted by Gasteiger charge is -2.33. The fourth-order valence-corrected chi connectivity index (χ4v) is 5.52. The van der Waals surface area contributed by atoms with Gasteiger partial charge in [-0.15, -0.1) is 0 Å². The van der Waals surface area contributed by atoms with Gasteiger partial charge in [0.25, 0.3) is 11.8 Å². The highest BCUT2D eigenvalue weighted by atomic mass is 32.1. The fraction of sp³-hybridized carbons (Fsp3) is 0.357. The molecule has 3 aromatic rings. The Labute approximate surface area is 232 Å². The fourth-order valence-electron chi connectivity index (χ4n) is 4.78. The van der Waals surface area contributed by atoms with Crippen LogP contribution in [0.15, 0.2) is 48.5 Å². The number of amides is 3. The van der Waals surface area contributed by atoms with Crippen LogP contribution in [0.3, 0.4) is 0 Å². The average molecular weight is 551 g/mol. The Kier molecular flexibility index (Phi) is 8.70. The predicted octanol–water partition coefficient (Wildman–Crippen LogP) is 3.74. The van der Waals surface area contributed by atoms with E-state index in [1.807, 2.05) is 43.3 Å². The van der Waals surface area contributed by atoms with Crippen LogP contribution < -0.4 is 31.3 Å². The van der Waals surface area contributed by atoms with Crippen molar-refractivity contribution in [3.63, 3.8) is 0 Å². The van der Waals surface area contributed by atoms with Crippen LogP contribution in [0, 0.1) is 0 Å². The van der Waals surface area contributed by atoms with Crippen LogP contribution in [-0.4, -0.2) is 49.3 Å². The van der Waals surface area contributed by atoms with Crippen LogP contribution in [0.4, 0.5) is 17.1 Å². The molecule has 4 rings (SSSR count). The largest absolute Gasteiger partial charge is 0.497 e. The molecular formula is C28H34N6O4S. The monoisotopic (exact) mass is 550 g/mol. The number of primary amides is 1. The molecule has 1 aliphatic rings. The van der Waals surface area contributed by atoms with Gasteiger partial charge in [-0.05, 0) is 54.2 Å². The Hall–Kier alpha value is -4.12. The summed E-state index contributed by atoms with van der Waals surface area (Å²) in [7, 11) is 5.38. The molecule has 1 saturated carbocycles. The van der Waals surface area contributed by atoms with Crippen LogP contribution in [-0.2, 0) is 4.79 Å². The molecule has 3 amide bonds. The number of nitrogens with one attached hydrogen (secondary N) is 1. The summed E-state index contributed by atoms with van der Waals surface area (Å²) in [5, 5.41) is 3.19. The molecule has 1 aliphatic carbocycles. The molecule has 39 heavy (non-hydrogen) atoms. The molecule has 0 saturated heterocycles. The lowest BCUT2D eigenvalue weighted by molar-refractivity contribution is -0.123. The van der Waals surface area contributed by atoms with Crippen molar-refractivity contribution in [1.82, 2.24) is 9.69 Å². The minimum atomic E-state index is -1.04. The highest BCUT2D eigenvalue weighted by Gasteiger charge is 2.37. The lowest BCUT2D eigenvalue weighted by atomic mass is 9.94. The summed E-state index contributed by atoms with van der Waals surface area (Å²) >= 11 is 0.775. The average Bonchev–Trinajstić information content (AvgIpc) is 3.33. The van der Waals surface area contributed by atoms with Crippen molar-refractivity contribution >= 4 is 46.3 Å². The van der Waals surface area contributed by atoms with Gasteiger partial charge < -0.3 is 26.4 Å². The van der Waals surface area contributed by atoms with Gasteiger partial charge in [-0.3, -0.25) is 19.3 Å². The molecular weight excluding hydrogens is 516 g/mol. The first-order valence-electron chi connectivity index (χ1n) is 12.8. The van der Waals surface area contributed by atoms with E-state index in [0.29, 0.717) is 17.0 Å². The van der Waals surface area contributed by atoms with Crippen LogP contribution >= 0.6 is 11.5 Å². The highest BCUT2D eigenvalue weighted by molar-refractivity contribution is 7.09. The topological polar surface area (TPSA) is 144 Å². The van der Waals surface area contributed by atoms with Gasteiger partial charge in [0.05, 0.1) is 12.8 Å². The van der Waals surface area contributed by atoms with E-state index < -0.39 is 17.9 Å². The molecule has 10 nitrogen and oxygen atoms in total. The minimum absolute atomic E-state index is 0.0204. The van der Waals surface area contributed by atoms with Crippen LogP contribution in [0.5, 0.6) is 5.75 Å². The zero-order chi connectivity index (χ0) is 28.1. The molecule has 0 radical (unpaired) electrons. The van der Waals surface area contributed by atoms with Crippen LogP contribution in [0.25, 0.3) is 0 Å². The Balaban J connectivity index is 1.86. The molecule has 0 spiro atoms. The van der Waals surface area contributed by atoms with Crippen LogP contribution in [0.2, 0.25) is 0 Å². The second-order valence-electron chi connectivity index (χ2n) is 9.75. The number of methoxy groups -OCH3 is 1. The van der Waals surface area contributed by atoms with Gasteiger partial charge >= 0.3 is 0 Å². The molecule has 1 fully saturated rings. The van der Waals surface area contributed by atoms with Crippen molar-refractivity contribution in [3.05, 3.63) is 64.7 Å². The second-order valence-corrected chi connectivity index (χ2v) is 10.5. The van der Waals surface area contributed by atoms with Crippen molar-refractivity contribution < 1.29 is 19.1 Å². The Morgan fingerprint density at radius 2 is 1.74 bits per heavy atom. The smallest absolute Gasteiger partial charge is 0.273 e. The van der Waals surface area contributed by atoms with Crippen molar-refractivity contribution in [2.24, 2.45) is 5.73 Å². The minimum Gasteiger partial charge on any atom is -0.497 e. The maximum Gasteiger partial charge on any atom is 0.273 e. The van der Waals surface area contributed by atoms with Gasteiger partial charge in [-0.25, -0.2) is 0 Å². The number of hydrogen-bond donors (Lipinski definition) is 3. The number of nitrogens with zero attached hydrogens (tertiary/aromatic N) is 3. The lowest BCUT2D eigenvalue weighted by Crippen LogP contribution is -2.47. The summed E-state index contributed by atoms with van der Waals surface area (Å²) in [5.41, 5.74) is 13.3. The van der Waals surface area contributed by atoms with Gasteiger partial charge in [0.2, 0.25) is 5.91 Å². The molecule has 1 atom stereocenters. The third-order valence-corrected chi connectivity index (χ3v) is 7.74. The van der Waals surface area contributed by atoms with E-state index in [2.05, 4.69) is 9.69 Å². The summed E-state index contributed by atoms with van der Waals surface area (Å²) in [6.07, 6.45) is 4.99. The van der Waals surface area contributed by atoms with Crippen LogP contribution in [0.1, 0.15) is 63.9 Å². The number of nitrogen functional groups attached to an aromatic ring is 1. The quantitative estimate of drug-likeness (QED) is 0.368. The Morgan fingerprint density at radius 3 is 2.33 bits per heavy atom. The summed E-state index contributed by atoms with van der Waals surface area (Å²) in [6, 6.07) is 13.4. The maximum atomic E-state index is 14.2. The van der Waals surface area contributed by atoms with Crippen molar-refractivity contribution in [2.75, 3.05) is 36.7 Å². The SMILES string of the molecule is COc1cccc(N(C(=O)c2snc(C(N)=O)c2N)[C@H](C(=O)NC2CCCCC2)c2ccc(N(C)C)cc2)c1. The Morgan fingerprint density at radius 1 is 1.05 bits per heavy atom. The van der Waals surface area contributed by atoms with Gasteiger partial charge in [-0.2, -0.15) is 4.37 Å². The molecule has 206 valence electrons. The molecule has 0 bridgehead atoms. The van der Waals surface area contributed by atoms with E-state index in [1.54, 1.807) is 24.3 Å². The number of carbonyl (C=O) groups is 3.